The number of rotatable bonds is 3. The maximum absolute atomic E-state index is 13.0. The molecular weight excluding hydrogens is 297 g/mol. The molecule has 0 heterocycles. The first-order chi connectivity index (χ1) is 9.56. The predicted molar refractivity (Wildman–Crippen MR) is 84.7 cm³/mol. The van der Waals surface area contributed by atoms with Crippen LogP contribution in [0, 0.1) is 5.82 Å². The highest BCUT2D eigenvalue weighted by atomic mass is 35.5. The van der Waals surface area contributed by atoms with Gasteiger partial charge in [-0.2, -0.15) is 5.10 Å². The van der Waals surface area contributed by atoms with Crippen molar-refractivity contribution in [3.05, 3.63) is 34.6 Å². The summed E-state index contributed by atoms with van der Waals surface area (Å²) in [5, 5.41) is 8.26. The Balaban J connectivity index is 1.94. The van der Waals surface area contributed by atoms with Crippen molar-refractivity contribution in [2.24, 2.45) is 5.10 Å². The van der Waals surface area contributed by atoms with E-state index < -0.39 is 0 Å². The van der Waals surface area contributed by atoms with E-state index in [-0.39, 0.29) is 5.82 Å². The van der Waals surface area contributed by atoms with Gasteiger partial charge in [-0.3, -0.25) is 5.43 Å². The summed E-state index contributed by atoms with van der Waals surface area (Å²) in [5.41, 5.74) is 4.15. The van der Waals surface area contributed by atoms with Crippen LogP contribution in [0.15, 0.2) is 23.3 Å². The zero-order valence-electron chi connectivity index (χ0n) is 11.2. The molecule has 0 saturated heterocycles. The fraction of sp³-hybridized carbons (Fsp3) is 0.429. The molecule has 3 nitrogen and oxygen atoms in total. The van der Waals surface area contributed by atoms with Gasteiger partial charge in [0.2, 0.25) is 0 Å². The fourth-order valence-electron chi connectivity index (χ4n) is 2.27. The highest BCUT2D eigenvalue weighted by molar-refractivity contribution is 7.80. The van der Waals surface area contributed by atoms with E-state index in [9.17, 15) is 4.39 Å². The van der Waals surface area contributed by atoms with Crippen molar-refractivity contribution in [3.8, 4) is 0 Å². The monoisotopic (exact) mass is 313 g/mol. The molecule has 1 saturated carbocycles. The quantitative estimate of drug-likeness (QED) is 0.508. The number of halogens is 2. The lowest BCUT2D eigenvalue weighted by molar-refractivity contribution is 0.623. The number of nitrogens with one attached hydrogen (secondary N) is 2. The van der Waals surface area contributed by atoms with Gasteiger partial charge in [0, 0.05) is 11.6 Å². The van der Waals surface area contributed by atoms with Gasteiger partial charge in [-0.15, -0.1) is 0 Å². The van der Waals surface area contributed by atoms with E-state index in [1.165, 1.54) is 25.0 Å². The van der Waals surface area contributed by atoms with Gasteiger partial charge in [-0.1, -0.05) is 24.4 Å². The van der Waals surface area contributed by atoms with Crippen LogP contribution in [0.2, 0.25) is 5.02 Å². The third kappa shape index (κ3) is 4.15. The summed E-state index contributed by atoms with van der Waals surface area (Å²) in [5.74, 6) is -0.363. The van der Waals surface area contributed by atoms with Crippen LogP contribution in [-0.2, 0) is 0 Å². The largest absolute Gasteiger partial charge is 0.359 e. The fourth-order valence-corrected chi connectivity index (χ4v) is 2.78. The van der Waals surface area contributed by atoms with Crippen molar-refractivity contribution in [1.29, 1.82) is 0 Å². The van der Waals surface area contributed by atoms with Crippen LogP contribution in [0.4, 0.5) is 4.39 Å². The third-order valence-electron chi connectivity index (χ3n) is 3.34. The van der Waals surface area contributed by atoms with Gasteiger partial charge in [0.15, 0.2) is 5.11 Å². The maximum atomic E-state index is 13.0. The van der Waals surface area contributed by atoms with E-state index in [2.05, 4.69) is 15.8 Å². The first-order valence-corrected chi connectivity index (χ1v) is 7.41. The molecule has 0 aliphatic heterocycles. The van der Waals surface area contributed by atoms with Crippen LogP contribution in [0.25, 0.3) is 0 Å². The molecule has 0 unspecified atom stereocenters. The van der Waals surface area contributed by atoms with Gasteiger partial charge >= 0.3 is 0 Å². The molecule has 20 heavy (non-hydrogen) atoms. The van der Waals surface area contributed by atoms with Gasteiger partial charge in [-0.05, 0) is 50.2 Å². The Kier molecular flexibility index (Phi) is 5.31. The zero-order chi connectivity index (χ0) is 14.5. The number of benzene rings is 1. The SMILES string of the molecule is C/C(=N/NC(=S)NC1CCCC1)c1ccc(F)cc1Cl. The van der Waals surface area contributed by atoms with Gasteiger partial charge in [0.1, 0.15) is 5.82 Å². The lowest BCUT2D eigenvalue weighted by atomic mass is 10.1. The lowest BCUT2D eigenvalue weighted by Crippen LogP contribution is -2.38. The molecule has 6 heteroatoms. The van der Waals surface area contributed by atoms with Crippen LogP contribution in [0.5, 0.6) is 0 Å². The number of hydrogen-bond acceptors (Lipinski definition) is 2. The third-order valence-corrected chi connectivity index (χ3v) is 3.86. The first kappa shape index (κ1) is 15.2. The van der Waals surface area contributed by atoms with Crippen molar-refractivity contribution < 1.29 is 4.39 Å². The van der Waals surface area contributed by atoms with Gasteiger partial charge in [0.25, 0.3) is 0 Å². The molecular formula is C14H17ClFN3S. The molecule has 0 atom stereocenters. The van der Waals surface area contributed by atoms with Crippen molar-refractivity contribution in [3.63, 3.8) is 0 Å². The van der Waals surface area contributed by atoms with Crippen molar-refractivity contribution in [2.75, 3.05) is 0 Å². The van der Waals surface area contributed by atoms with E-state index >= 15 is 0 Å². The molecule has 1 aliphatic rings. The summed E-state index contributed by atoms with van der Waals surface area (Å²) in [7, 11) is 0. The van der Waals surface area contributed by atoms with Crippen LogP contribution >= 0.6 is 23.8 Å². The summed E-state index contributed by atoms with van der Waals surface area (Å²) in [4.78, 5) is 0. The summed E-state index contributed by atoms with van der Waals surface area (Å²) in [6.45, 7) is 1.80. The number of thiocarbonyl (C=S) groups is 1. The summed E-state index contributed by atoms with van der Waals surface area (Å²) >= 11 is 11.2. The predicted octanol–water partition coefficient (Wildman–Crippen LogP) is 3.61. The van der Waals surface area contributed by atoms with E-state index in [1.54, 1.807) is 13.0 Å². The molecule has 0 bridgehead atoms. The summed E-state index contributed by atoms with van der Waals surface area (Å²) < 4.78 is 13.0. The Morgan fingerprint density at radius 3 is 2.75 bits per heavy atom. The second-order valence-corrected chi connectivity index (χ2v) is 5.70. The topological polar surface area (TPSA) is 36.4 Å². The van der Waals surface area contributed by atoms with Crippen LogP contribution in [0.1, 0.15) is 38.2 Å². The van der Waals surface area contributed by atoms with Crippen molar-refractivity contribution >= 4 is 34.6 Å². The van der Waals surface area contributed by atoms with Crippen molar-refractivity contribution in [2.45, 2.75) is 38.6 Å². The standard InChI is InChI=1S/C14H17ClFN3S/c1-9(12-7-6-10(16)8-13(12)15)18-19-14(20)17-11-4-2-3-5-11/h6-8,11H,2-5H2,1H3,(H2,17,19,20)/b18-9-. The Hall–Kier alpha value is -1.20. The minimum absolute atomic E-state index is 0.336. The Labute approximate surface area is 128 Å². The second-order valence-electron chi connectivity index (χ2n) is 4.89. The van der Waals surface area contributed by atoms with E-state index in [1.807, 2.05) is 0 Å². The molecule has 0 amide bonds. The molecule has 1 aromatic carbocycles. The number of nitrogens with zero attached hydrogens (tertiary/aromatic N) is 1. The molecule has 0 aromatic heterocycles. The van der Waals surface area contributed by atoms with Gasteiger partial charge in [-0.25, -0.2) is 4.39 Å². The molecule has 1 fully saturated rings. The Morgan fingerprint density at radius 1 is 1.40 bits per heavy atom. The Morgan fingerprint density at radius 2 is 2.10 bits per heavy atom. The van der Waals surface area contributed by atoms with Crippen LogP contribution < -0.4 is 10.7 Å². The molecule has 108 valence electrons. The number of hydrogen-bond donors (Lipinski definition) is 2. The number of hydrazone groups is 1. The lowest BCUT2D eigenvalue weighted by Gasteiger charge is -2.13. The smallest absolute Gasteiger partial charge is 0.187 e. The summed E-state index contributed by atoms with van der Waals surface area (Å²) in [6, 6.07) is 4.67. The van der Waals surface area contributed by atoms with Gasteiger partial charge < -0.3 is 5.32 Å². The molecule has 2 rings (SSSR count). The zero-order valence-corrected chi connectivity index (χ0v) is 12.8. The highest BCUT2D eigenvalue weighted by Gasteiger charge is 2.15. The van der Waals surface area contributed by atoms with E-state index in [4.69, 9.17) is 23.8 Å². The minimum Gasteiger partial charge on any atom is -0.359 e. The van der Waals surface area contributed by atoms with E-state index in [0.29, 0.717) is 27.5 Å². The highest BCUT2D eigenvalue weighted by Crippen LogP contribution is 2.18. The van der Waals surface area contributed by atoms with Crippen molar-refractivity contribution in [1.82, 2.24) is 10.7 Å². The Bertz CT molecular complexity index is 527. The molecule has 1 aliphatic carbocycles. The minimum atomic E-state index is -0.363. The molecule has 2 N–H and O–H groups in total. The van der Waals surface area contributed by atoms with Crippen LogP contribution in [-0.4, -0.2) is 16.9 Å². The average molecular weight is 314 g/mol. The van der Waals surface area contributed by atoms with Gasteiger partial charge in [0.05, 0.1) is 10.7 Å². The summed E-state index contributed by atoms with van der Waals surface area (Å²) in [6.07, 6.45) is 4.78. The average Bonchev–Trinajstić information content (AvgIpc) is 2.89. The second kappa shape index (κ2) is 6.99. The maximum Gasteiger partial charge on any atom is 0.187 e. The first-order valence-electron chi connectivity index (χ1n) is 6.62. The molecule has 0 radical (unpaired) electrons. The molecule has 0 spiro atoms. The van der Waals surface area contributed by atoms with Crippen LogP contribution in [0.3, 0.4) is 0 Å². The molecule has 1 aromatic rings. The normalized spacial score (nSPS) is 16.2. The van der Waals surface area contributed by atoms with E-state index in [0.717, 1.165) is 12.8 Å².